The first kappa shape index (κ1) is 11.8. The molecule has 2 rings (SSSR count). The van der Waals surface area contributed by atoms with E-state index in [0.717, 1.165) is 11.3 Å². The zero-order chi connectivity index (χ0) is 9.97. The van der Waals surface area contributed by atoms with Crippen LogP contribution in [-0.4, -0.2) is 9.78 Å². The van der Waals surface area contributed by atoms with Crippen molar-refractivity contribution in [3.63, 3.8) is 0 Å². The average molecular weight is 224 g/mol. The van der Waals surface area contributed by atoms with Crippen LogP contribution in [0, 0.1) is 0 Å². The fourth-order valence-electron chi connectivity index (χ4n) is 1.29. The largest absolute Gasteiger partial charge is 0.324 e. The molecule has 15 heavy (non-hydrogen) atoms. The maximum Gasteiger partial charge on any atom is 0.0645 e. The SMILES string of the molecule is CC(N)c1cnn(-c2ccccc2)c1.Cl. The van der Waals surface area contributed by atoms with Gasteiger partial charge in [0.2, 0.25) is 0 Å². The summed E-state index contributed by atoms with van der Waals surface area (Å²) in [5.74, 6) is 0. The van der Waals surface area contributed by atoms with Crippen molar-refractivity contribution in [3.8, 4) is 5.69 Å². The van der Waals surface area contributed by atoms with Gasteiger partial charge >= 0.3 is 0 Å². The first-order chi connectivity index (χ1) is 6.77. The summed E-state index contributed by atoms with van der Waals surface area (Å²) in [5.41, 5.74) is 7.86. The summed E-state index contributed by atoms with van der Waals surface area (Å²) in [4.78, 5) is 0. The van der Waals surface area contributed by atoms with Gasteiger partial charge in [-0.25, -0.2) is 4.68 Å². The third kappa shape index (κ3) is 2.58. The molecule has 0 bridgehead atoms. The monoisotopic (exact) mass is 223 g/mol. The van der Waals surface area contributed by atoms with Crippen LogP contribution in [0.25, 0.3) is 5.69 Å². The van der Waals surface area contributed by atoms with E-state index in [1.807, 2.05) is 48.1 Å². The number of nitrogens with two attached hydrogens (primary N) is 1. The number of nitrogens with zero attached hydrogens (tertiary/aromatic N) is 2. The highest BCUT2D eigenvalue weighted by Crippen LogP contribution is 2.11. The second kappa shape index (κ2) is 4.96. The first-order valence-electron chi connectivity index (χ1n) is 4.63. The highest BCUT2D eigenvalue weighted by molar-refractivity contribution is 5.85. The molecule has 0 amide bonds. The van der Waals surface area contributed by atoms with Gasteiger partial charge in [0.25, 0.3) is 0 Å². The van der Waals surface area contributed by atoms with Crippen LogP contribution in [0.1, 0.15) is 18.5 Å². The maximum atomic E-state index is 5.75. The van der Waals surface area contributed by atoms with E-state index in [9.17, 15) is 0 Å². The average Bonchev–Trinajstić information content (AvgIpc) is 2.68. The minimum absolute atomic E-state index is 0. The third-order valence-corrected chi connectivity index (χ3v) is 2.15. The van der Waals surface area contributed by atoms with Gasteiger partial charge < -0.3 is 5.73 Å². The highest BCUT2D eigenvalue weighted by atomic mass is 35.5. The molecule has 0 saturated heterocycles. The lowest BCUT2D eigenvalue weighted by Gasteiger charge is -2.00. The van der Waals surface area contributed by atoms with E-state index in [4.69, 9.17) is 5.73 Å². The normalized spacial score (nSPS) is 11.9. The van der Waals surface area contributed by atoms with E-state index in [2.05, 4.69) is 5.10 Å². The molecule has 1 heterocycles. The molecule has 1 aromatic carbocycles. The lowest BCUT2D eigenvalue weighted by molar-refractivity contribution is 0.816. The molecular weight excluding hydrogens is 210 g/mol. The minimum Gasteiger partial charge on any atom is -0.324 e. The molecule has 0 fully saturated rings. The molecular formula is C11H14ClN3. The van der Waals surface area contributed by atoms with Crippen molar-refractivity contribution in [3.05, 3.63) is 48.3 Å². The summed E-state index contributed by atoms with van der Waals surface area (Å²) in [5, 5.41) is 4.24. The Balaban J connectivity index is 0.00000112. The Bertz CT molecular complexity index is 409. The Morgan fingerprint density at radius 3 is 2.47 bits per heavy atom. The second-order valence-electron chi connectivity index (χ2n) is 3.34. The van der Waals surface area contributed by atoms with Gasteiger partial charge in [0.1, 0.15) is 0 Å². The number of rotatable bonds is 2. The predicted molar refractivity (Wildman–Crippen MR) is 63.4 cm³/mol. The molecule has 1 aromatic heterocycles. The molecule has 0 radical (unpaired) electrons. The number of hydrogen-bond acceptors (Lipinski definition) is 2. The molecule has 0 aliphatic rings. The Morgan fingerprint density at radius 1 is 1.27 bits per heavy atom. The van der Waals surface area contributed by atoms with Crippen LogP contribution in [0.5, 0.6) is 0 Å². The van der Waals surface area contributed by atoms with Crippen LogP contribution in [0.4, 0.5) is 0 Å². The Labute approximate surface area is 95.3 Å². The Morgan fingerprint density at radius 2 is 1.93 bits per heavy atom. The van der Waals surface area contributed by atoms with Gasteiger partial charge in [-0.05, 0) is 19.1 Å². The second-order valence-corrected chi connectivity index (χ2v) is 3.34. The van der Waals surface area contributed by atoms with E-state index >= 15 is 0 Å². The molecule has 1 atom stereocenters. The van der Waals surface area contributed by atoms with Crippen LogP contribution in [0.3, 0.4) is 0 Å². The van der Waals surface area contributed by atoms with E-state index in [1.165, 1.54) is 0 Å². The Hall–Kier alpha value is -1.32. The van der Waals surface area contributed by atoms with Gasteiger partial charge in [-0.15, -0.1) is 12.4 Å². The van der Waals surface area contributed by atoms with Crippen LogP contribution in [0.15, 0.2) is 42.7 Å². The Kier molecular flexibility index (Phi) is 3.88. The van der Waals surface area contributed by atoms with Crippen molar-refractivity contribution in [1.29, 1.82) is 0 Å². The third-order valence-electron chi connectivity index (χ3n) is 2.15. The molecule has 80 valence electrons. The van der Waals surface area contributed by atoms with Gasteiger partial charge in [-0.1, -0.05) is 18.2 Å². The quantitative estimate of drug-likeness (QED) is 0.849. The van der Waals surface area contributed by atoms with Gasteiger partial charge in [-0.3, -0.25) is 0 Å². The predicted octanol–water partition coefficient (Wildman–Crippen LogP) is 2.31. The topological polar surface area (TPSA) is 43.8 Å². The highest BCUT2D eigenvalue weighted by Gasteiger charge is 2.03. The molecule has 0 aliphatic heterocycles. The number of halogens is 1. The van der Waals surface area contributed by atoms with Gasteiger partial charge in [-0.2, -0.15) is 5.10 Å². The number of hydrogen-bond donors (Lipinski definition) is 1. The molecule has 0 saturated carbocycles. The van der Waals surface area contributed by atoms with Crippen molar-refractivity contribution in [2.75, 3.05) is 0 Å². The summed E-state index contributed by atoms with van der Waals surface area (Å²) < 4.78 is 1.83. The molecule has 0 spiro atoms. The molecule has 2 aromatic rings. The fourth-order valence-corrected chi connectivity index (χ4v) is 1.29. The van der Waals surface area contributed by atoms with Crippen molar-refractivity contribution in [1.82, 2.24) is 9.78 Å². The zero-order valence-electron chi connectivity index (χ0n) is 8.50. The lowest BCUT2D eigenvalue weighted by atomic mass is 10.2. The van der Waals surface area contributed by atoms with Gasteiger partial charge in [0.05, 0.1) is 11.9 Å². The van der Waals surface area contributed by atoms with Crippen molar-refractivity contribution in [2.45, 2.75) is 13.0 Å². The van der Waals surface area contributed by atoms with Crippen LogP contribution in [0.2, 0.25) is 0 Å². The molecule has 0 aliphatic carbocycles. The summed E-state index contributed by atoms with van der Waals surface area (Å²) in [6, 6.07) is 10.0. The summed E-state index contributed by atoms with van der Waals surface area (Å²) >= 11 is 0. The van der Waals surface area contributed by atoms with Crippen molar-refractivity contribution < 1.29 is 0 Å². The van der Waals surface area contributed by atoms with Crippen LogP contribution >= 0.6 is 12.4 Å². The minimum atomic E-state index is 0. The maximum absolute atomic E-state index is 5.75. The first-order valence-corrected chi connectivity index (χ1v) is 4.63. The zero-order valence-corrected chi connectivity index (χ0v) is 9.32. The number of para-hydroxylation sites is 1. The molecule has 1 unspecified atom stereocenters. The summed E-state index contributed by atoms with van der Waals surface area (Å²) in [6.45, 7) is 1.95. The molecule has 4 heteroatoms. The fraction of sp³-hybridized carbons (Fsp3) is 0.182. The standard InChI is InChI=1S/C11H13N3.ClH/c1-9(12)10-7-13-14(8-10)11-5-3-2-4-6-11;/h2-9H,12H2,1H3;1H. The summed E-state index contributed by atoms with van der Waals surface area (Å²) in [6.07, 6.45) is 3.76. The summed E-state index contributed by atoms with van der Waals surface area (Å²) in [7, 11) is 0. The van der Waals surface area contributed by atoms with E-state index in [-0.39, 0.29) is 18.4 Å². The van der Waals surface area contributed by atoms with E-state index in [0.29, 0.717) is 0 Å². The van der Waals surface area contributed by atoms with Crippen molar-refractivity contribution >= 4 is 12.4 Å². The molecule has 3 nitrogen and oxygen atoms in total. The van der Waals surface area contributed by atoms with E-state index < -0.39 is 0 Å². The smallest absolute Gasteiger partial charge is 0.0645 e. The van der Waals surface area contributed by atoms with Crippen LogP contribution < -0.4 is 5.73 Å². The van der Waals surface area contributed by atoms with Crippen molar-refractivity contribution in [2.24, 2.45) is 5.73 Å². The van der Waals surface area contributed by atoms with Gasteiger partial charge in [0, 0.05) is 17.8 Å². The number of aromatic nitrogens is 2. The lowest BCUT2D eigenvalue weighted by Crippen LogP contribution is -2.03. The van der Waals surface area contributed by atoms with Crippen LogP contribution in [-0.2, 0) is 0 Å². The molecule has 2 N–H and O–H groups in total. The van der Waals surface area contributed by atoms with Gasteiger partial charge in [0.15, 0.2) is 0 Å². The number of benzene rings is 1. The van der Waals surface area contributed by atoms with E-state index in [1.54, 1.807) is 6.20 Å².